The predicted octanol–water partition coefficient (Wildman–Crippen LogP) is 5.80. The average Bonchev–Trinajstić information content (AvgIpc) is 3.15. The minimum atomic E-state index is 0. The molecule has 0 amide bonds. The molecule has 2 aromatic carbocycles. The SMILES string of the molecule is C[C-](C)C.Cl.Cl.[CH2]=[Zr].[c-]1ccc[nH]1.c1ccc2[cH-]ccc2c1. The first-order chi connectivity index (χ1) is 9.70. The summed E-state index contributed by atoms with van der Waals surface area (Å²) in [5, 5.41) is 2.66. The molecule has 1 N–H and O–H groups in total. The number of nitrogens with one attached hydrogen (secondary N) is 1. The fourth-order valence-electron chi connectivity index (χ4n) is 1.31. The Hall–Kier alpha value is -0.557. The van der Waals surface area contributed by atoms with E-state index >= 15 is 0 Å². The van der Waals surface area contributed by atoms with E-state index in [4.69, 9.17) is 0 Å². The van der Waals surface area contributed by atoms with Crippen molar-refractivity contribution >= 4 is 39.8 Å². The van der Waals surface area contributed by atoms with Gasteiger partial charge in [0.2, 0.25) is 0 Å². The van der Waals surface area contributed by atoms with Crippen LogP contribution in [0.15, 0.2) is 60.8 Å². The molecule has 0 aliphatic heterocycles. The molecule has 0 saturated heterocycles. The number of fused-ring (bicyclic) bond motifs is 1. The van der Waals surface area contributed by atoms with Gasteiger partial charge in [0.05, 0.1) is 0 Å². The normalized spacial score (nSPS) is 7.77. The summed E-state index contributed by atoms with van der Waals surface area (Å²) < 4.78 is 3.34. The Morgan fingerprint density at radius 2 is 1.64 bits per heavy atom. The number of hydrogen-bond donors (Lipinski definition) is 1. The summed E-state index contributed by atoms with van der Waals surface area (Å²) in [6.45, 7) is 6.25. The first-order valence-electron chi connectivity index (χ1n) is 6.42. The van der Waals surface area contributed by atoms with E-state index in [0.717, 1.165) is 0 Å². The van der Waals surface area contributed by atoms with Gasteiger partial charge in [-0.15, -0.1) is 60.7 Å². The maximum Gasteiger partial charge on any atom is -0.0809 e. The van der Waals surface area contributed by atoms with Gasteiger partial charge >= 0.3 is 28.4 Å². The molecule has 122 valence electrons. The van der Waals surface area contributed by atoms with Gasteiger partial charge in [-0.2, -0.15) is 56.6 Å². The molecule has 0 radical (unpaired) electrons. The molecule has 0 atom stereocenters. The van der Waals surface area contributed by atoms with Crippen LogP contribution in [-0.4, -0.2) is 9.20 Å². The second-order valence-corrected chi connectivity index (χ2v) is 4.47. The second kappa shape index (κ2) is 18.5. The van der Waals surface area contributed by atoms with Crippen molar-refractivity contribution < 1.29 is 24.2 Å². The van der Waals surface area contributed by atoms with Crippen molar-refractivity contribution in [3.63, 3.8) is 0 Å². The fourth-order valence-corrected chi connectivity index (χ4v) is 1.31. The molecule has 0 spiro atoms. The minimum absolute atomic E-state index is 0. The van der Waals surface area contributed by atoms with Crippen molar-refractivity contribution in [3.8, 4) is 0 Å². The Morgan fingerprint density at radius 3 is 2.05 bits per heavy atom. The van der Waals surface area contributed by atoms with E-state index in [0.29, 0.717) is 0 Å². The fraction of sp³-hybridized carbons (Fsp3) is 0.167. The summed E-state index contributed by atoms with van der Waals surface area (Å²) in [6.07, 6.45) is 4.56. The zero-order chi connectivity index (χ0) is 15.2. The topological polar surface area (TPSA) is 15.8 Å². The first-order valence-corrected chi connectivity index (χ1v) is 8.16. The van der Waals surface area contributed by atoms with Gasteiger partial charge in [0.15, 0.2) is 0 Å². The molecule has 0 unspecified atom stereocenters. The van der Waals surface area contributed by atoms with Crippen LogP contribution in [0.4, 0.5) is 0 Å². The second-order valence-electron chi connectivity index (χ2n) is 4.47. The summed E-state index contributed by atoms with van der Waals surface area (Å²) in [5.41, 5.74) is 0. The van der Waals surface area contributed by atoms with E-state index < -0.39 is 0 Å². The van der Waals surface area contributed by atoms with Crippen molar-refractivity contribution in [1.29, 1.82) is 0 Å². The molecular formula is C18H24Cl2NZr-3. The predicted molar refractivity (Wildman–Crippen MR) is 101 cm³/mol. The molecule has 0 saturated carbocycles. The van der Waals surface area contributed by atoms with Crippen molar-refractivity contribution in [2.45, 2.75) is 20.8 Å². The number of hydrogen-bond acceptors (Lipinski definition) is 0. The standard InChI is InChI=1S/C9H7.C4H4N.C4H9.CH2.2ClH.Zr/c1-2-5-9-7-3-6-8(9)4-1;1-2-4-5-3-1;1-4(2)3;;;;/h1-7H;1-3,5H;1-3H3;1H2;2*1H;/q3*-1;;;;. The number of halogens is 2. The first kappa shape index (κ1) is 26.3. The van der Waals surface area contributed by atoms with E-state index in [1.807, 2.05) is 18.3 Å². The van der Waals surface area contributed by atoms with Gasteiger partial charge in [-0.25, -0.2) is 0 Å². The van der Waals surface area contributed by atoms with Crippen molar-refractivity contribution in [3.05, 3.63) is 72.9 Å². The number of H-pyrrole nitrogens is 1. The third-order valence-electron chi connectivity index (χ3n) is 1.99. The van der Waals surface area contributed by atoms with E-state index in [1.165, 1.54) is 40.9 Å². The Labute approximate surface area is 162 Å². The Bertz CT molecular complexity index is 483. The van der Waals surface area contributed by atoms with Gasteiger partial charge in [-0.1, -0.05) is 6.07 Å². The van der Waals surface area contributed by atoms with Gasteiger partial charge < -0.3 is 10.9 Å². The van der Waals surface area contributed by atoms with Gasteiger partial charge in [0.1, 0.15) is 0 Å². The van der Waals surface area contributed by atoms with Gasteiger partial charge in [0, 0.05) is 0 Å². The van der Waals surface area contributed by atoms with Gasteiger partial charge in [-0.05, 0) is 0 Å². The molecule has 0 aliphatic carbocycles. The van der Waals surface area contributed by atoms with Crippen LogP contribution in [0.3, 0.4) is 0 Å². The van der Waals surface area contributed by atoms with E-state index in [-0.39, 0.29) is 24.8 Å². The molecular weight excluding hydrogens is 392 g/mol. The third kappa shape index (κ3) is 14.4. The smallest absolute Gasteiger partial charge is 0.0809 e. The minimum Gasteiger partial charge on any atom is -0.484 e. The summed E-state index contributed by atoms with van der Waals surface area (Å²) in [5.74, 6) is 1.42. The Morgan fingerprint density at radius 1 is 1.05 bits per heavy atom. The molecule has 1 heterocycles. The molecule has 1 nitrogen and oxygen atoms in total. The summed E-state index contributed by atoms with van der Waals surface area (Å²) >= 11 is 1.30. The monoisotopic (exact) mass is 414 g/mol. The zero-order valence-corrected chi connectivity index (χ0v) is 17.4. The molecule has 4 heteroatoms. The van der Waals surface area contributed by atoms with Crippen LogP contribution in [-0.2, 0) is 24.2 Å². The van der Waals surface area contributed by atoms with Crippen LogP contribution in [0.25, 0.3) is 10.8 Å². The van der Waals surface area contributed by atoms with Crippen molar-refractivity contribution in [1.82, 2.24) is 4.98 Å². The van der Waals surface area contributed by atoms with E-state index in [2.05, 4.69) is 78.6 Å². The van der Waals surface area contributed by atoms with Crippen LogP contribution in [0.1, 0.15) is 20.8 Å². The number of aromatic amines is 1. The molecule has 3 rings (SSSR count). The summed E-state index contributed by atoms with van der Waals surface area (Å²) in [7, 11) is 0. The summed E-state index contributed by atoms with van der Waals surface area (Å²) in [4.78, 5) is 2.74. The van der Waals surface area contributed by atoms with Crippen molar-refractivity contribution in [2.75, 3.05) is 0 Å². The van der Waals surface area contributed by atoms with Crippen molar-refractivity contribution in [2.24, 2.45) is 0 Å². The maximum absolute atomic E-state index is 3.34. The Kier molecular flexibility index (Phi) is 22.1. The maximum atomic E-state index is 3.34. The molecule has 0 bridgehead atoms. The quantitative estimate of drug-likeness (QED) is 0.446. The molecule has 1 aromatic heterocycles. The molecule has 0 aliphatic rings. The van der Waals surface area contributed by atoms with Gasteiger partial charge in [0.25, 0.3) is 0 Å². The van der Waals surface area contributed by atoms with Crippen LogP contribution in [0, 0.1) is 12.1 Å². The van der Waals surface area contributed by atoms with Crippen LogP contribution in [0.2, 0.25) is 0 Å². The third-order valence-corrected chi connectivity index (χ3v) is 1.99. The largest absolute Gasteiger partial charge is 0.484 e. The zero-order valence-electron chi connectivity index (χ0n) is 13.3. The van der Waals surface area contributed by atoms with Crippen LogP contribution >= 0.6 is 24.8 Å². The van der Waals surface area contributed by atoms with Crippen LogP contribution < -0.4 is 0 Å². The van der Waals surface area contributed by atoms with Gasteiger partial charge in [-0.3, -0.25) is 0 Å². The average molecular weight is 417 g/mol. The summed E-state index contributed by atoms with van der Waals surface area (Å²) in [6, 6.07) is 18.4. The number of benzene rings is 1. The Balaban J connectivity index is -0.000000243. The van der Waals surface area contributed by atoms with E-state index in [1.54, 1.807) is 0 Å². The number of aromatic nitrogens is 1. The van der Waals surface area contributed by atoms with E-state index in [9.17, 15) is 0 Å². The number of rotatable bonds is 0. The van der Waals surface area contributed by atoms with Crippen LogP contribution in [0.5, 0.6) is 0 Å². The molecule has 3 aromatic rings. The molecule has 22 heavy (non-hydrogen) atoms. The molecule has 0 fully saturated rings.